The Kier molecular flexibility index (Phi) is 7.02. The molecule has 2 aliphatic rings. The third-order valence-corrected chi connectivity index (χ3v) is 8.86. The SMILES string of the molecule is O=C(c1cc(Cc2n[nH]c(=O)c3ccccc23)ccc1F)N1CCc2c(nc(-c3ccc4[nH]ccc4c3)nc2N2CCOCC2)C1. The minimum Gasteiger partial charge on any atom is -0.378 e. The third kappa shape index (κ3) is 5.08. The van der Waals surface area contributed by atoms with Crippen molar-refractivity contribution in [3.8, 4) is 11.4 Å². The monoisotopic (exact) mass is 615 g/mol. The van der Waals surface area contributed by atoms with Crippen molar-refractivity contribution in [2.45, 2.75) is 19.4 Å². The van der Waals surface area contributed by atoms with Gasteiger partial charge in [-0.3, -0.25) is 9.59 Å². The van der Waals surface area contributed by atoms with Crippen molar-refractivity contribution < 1.29 is 13.9 Å². The maximum Gasteiger partial charge on any atom is 0.272 e. The lowest BCUT2D eigenvalue weighted by atomic mass is 10.00. The van der Waals surface area contributed by atoms with Gasteiger partial charge in [0.05, 0.1) is 42.1 Å². The predicted molar refractivity (Wildman–Crippen MR) is 172 cm³/mol. The average molecular weight is 616 g/mol. The number of carbonyl (C=O) groups is 1. The van der Waals surface area contributed by atoms with Gasteiger partial charge in [-0.05, 0) is 54.4 Å². The summed E-state index contributed by atoms with van der Waals surface area (Å²) >= 11 is 0. The minimum absolute atomic E-state index is 0.00438. The van der Waals surface area contributed by atoms with Gasteiger partial charge in [0.2, 0.25) is 0 Å². The van der Waals surface area contributed by atoms with Gasteiger partial charge in [0.1, 0.15) is 11.6 Å². The number of nitrogens with one attached hydrogen (secondary N) is 2. The van der Waals surface area contributed by atoms with E-state index in [-0.39, 0.29) is 17.7 Å². The molecule has 46 heavy (non-hydrogen) atoms. The molecule has 0 spiro atoms. The highest BCUT2D eigenvalue weighted by Crippen LogP contribution is 2.32. The zero-order valence-corrected chi connectivity index (χ0v) is 24.9. The number of amides is 1. The number of morpholine rings is 1. The summed E-state index contributed by atoms with van der Waals surface area (Å²) in [6, 6.07) is 19.9. The van der Waals surface area contributed by atoms with E-state index in [4.69, 9.17) is 14.7 Å². The topological polar surface area (TPSA) is 120 Å². The average Bonchev–Trinajstić information content (AvgIpc) is 3.58. The summed E-state index contributed by atoms with van der Waals surface area (Å²) in [6.07, 6.45) is 2.78. The fraction of sp³-hybridized carbons (Fsp3) is 0.229. The molecule has 8 rings (SSSR count). The normalized spacial score (nSPS) is 15.0. The van der Waals surface area contributed by atoms with Gasteiger partial charge in [0.15, 0.2) is 5.82 Å². The van der Waals surface area contributed by atoms with Gasteiger partial charge >= 0.3 is 0 Å². The first kappa shape index (κ1) is 28.1. The number of aromatic amines is 2. The summed E-state index contributed by atoms with van der Waals surface area (Å²) in [4.78, 5) is 43.3. The van der Waals surface area contributed by atoms with E-state index in [1.165, 1.54) is 6.07 Å². The second kappa shape index (κ2) is 11.5. The Bertz CT molecular complexity index is 2190. The first-order valence-electron chi connectivity index (χ1n) is 15.4. The van der Waals surface area contributed by atoms with Crippen molar-refractivity contribution in [3.63, 3.8) is 0 Å². The lowest BCUT2D eigenvalue weighted by molar-refractivity contribution is 0.0726. The van der Waals surface area contributed by atoms with Gasteiger partial charge in [-0.2, -0.15) is 5.10 Å². The van der Waals surface area contributed by atoms with E-state index < -0.39 is 11.7 Å². The molecule has 0 aliphatic carbocycles. The molecule has 0 radical (unpaired) electrons. The van der Waals surface area contributed by atoms with E-state index in [9.17, 15) is 9.59 Å². The van der Waals surface area contributed by atoms with Crippen molar-refractivity contribution in [3.05, 3.63) is 117 Å². The van der Waals surface area contributed by atoms with Crippen LogP contribution in [0.3, 0.4) is 0 Å². The Hall–Kier alpha value is -5.42. The highest BCUT2D eigenvalue weighted by molar-refractivity contribution is 5.95. The van der Waals surface area contributed by atoms with Crippen LogP contribution in [0.2, 0.25) is 0 Å². The number of carbonyl (C=O) groups excluding carboxylic acids is 1. The van der Waals surface area contributed by atoms with Crippen LogP contribution in [0.15, 0.2) is 77.7 Å². The summed E-state index contributed by atoms with van der Waals surface area (Å²) in [5, 5.41) is 9.11. The molecule has 10 nitrogen and oxygen atoms in total. The van der Waals surface area contributed by atoms with Crippen LogP contribution in [-0.2, 0) is 24.1 Å². The van der Waals surface area contributed by atoms with Crippen LogP contribution < -0.4 is 10.5 Å². The van der Waals surface area contributed by atoms with Gasteiger partial charge in [-0.25, -0.2) is 19.5 Å². The van der Waals surface area contributed by atoms with Crippen LogP contribution in [0, 0.1) is 5.82 Å². The van der Waals surface area contributed by atoms with Crippen molar-refractivity contribution in [1.82, 2.24) is 30.0 Å². The first-order chi connectivity index (χ1) is 22.5. The Balaban J connectivity index is 1.12. The smallest absolute Gasteiger partial charge is 0.272 e. The highest BCUT2D eigenvalue weighted by Gasteiger charge is 2.30. The van der Waals surface area contributed by atoms with Crippen LogP contribution >= 0.6 is 0 Å². The first-order valence-corrected chi connectivity index (χ1v) is 15.4. The van der Waals surface area contributed by atoms with Gasteiger partial charge in [-0.1, -0.05) is 24.3 Å². The van der Waals surface area contributed by atoms with Gasteiger partial charge < -0.3 is 19.5 Å². The molecular formula is C35H30FN7O3. The summed E-state index contributed by atoms with van der Waals surface area (Å²) < 4.78 is 20.9. The number of fused-ring (bicyclic) bond motifs is 3. The van der Waals surface area contributed by atoms with E-state index in [0.29, 0.717) is 55.1 Å². The van der Waals surface area contributed by atoms with E-state index >= 15 is 4.39 Å². The molecule has 1 fully saturated rings. The van der Waals surface area contributed by atoms with Crippen molar-refractivity contribution in [2.24, 2.45) is 0 Å². The minimum atomic E-state index is -0.587. The largest absolute Gasteiger partial charge is 0.378 e. The maximum absolute atomic E-state index is 15.3. The molecule has 1 saturated heterocycles. The number of hydrogen-bond acceptors (Lipinski definition) is 7. The highest BCUT2D eigenvalue weighted by atomic mass is 19.1. The summed E-state index contributed by atoms with van der Waals surface area (Å²) in [5.74, 6) is 0.479. The molecule has 0 bridgehead atoms. The Morgan fingerprint density at radius 1 is 0.957 bits per heavy atom. The van der Waals surface area contributed by atoms with E-state index in [0.717, 1.165) is 52.0 Å². The molecule has 6 aromatic rings. The van der Waals surface area contributed by atoms with Crippen molar-refractivity contribution in [2.75, 3.05) is 37.7 Å². The van der Waals surface area contributed by atoms with Gasteiger partial charge in [-0.15, -0.1) is 0 Å². The number of ether oxygens (including phenoxy) is 1. The van der Waals surface area contributed by atoms with Crippen molar-refractivity contribution >= 4 is 33.4 Å². The predicted octanol–water partition coefficient (Wildman–Crippen LogP) is 4.63. The molecule has 0 saturated carbocycles. The van der Waals surface area contributed by atoms with E-state index in [1.807, 2.05) is 36.5 Å². The van der Waals surface area contributed by atoms with Gasteiger partial charge in [0.25, 0.3) is 11.5 Å². The Morgan fingerprint density at radius 2 is 1.80 bits per heavy atom. The molecule has 5 heterocycles. The standard InChI is InChI=1S/C35H30FN7O3/c36-28-7-5-21(18-30-24-3-1-2-4-25(24)34(44)41-40-30)17-27(28)35(45)43-12-10-26-31(20-43)38-32(39-33(26)42-13-15-46-16-14-42)23-6-8-29-22(19-23)9-11-37-29/h1-9,11,17,19,37H,10,12-16,18,20H2,(H,41,44). The van der Waals surface area contributed by atoms with E-state index in [1.54, 1.807) is 29.2 Å². The Morgan fingerprint density at radius 3 is 2.67 bits per heavy atom. The second-order valence-electron chi connectivity index (χ2n) is 11.7. The third-order valence-electron chi connectivity index (χ3n) is 8.86. The molecule has 230 valence electrons. The molecule has 3 aromatic heterocycles. The molecule has 0 atom stereocenters. The Labute approximate surface area is 262 Å². The zero-order chi connectivity index (χ0) is 31.2. The van der Waals surface area contributed by atoms with Crippen molar-refractivity contribution in [1.29, 1.82) is 0 Å². The number of rotatable bonds is 5. The summed E-state index contributed by atoms with van der Waals surface area (Å²) in [6.45, 7) is 3.34. The molecule has 0 unspecified atom stereocenters. The fourth-order valence-corrected chi connectivity index (χ4v) is 6.46. The molecule has 1 amide bonds. The number of benzene rings is 3. The maximum atomic E-state index is 15.3. The zero-order valence-electron chi connectivity index (χ0n) is 24.9. The van der Waals surface area contributed by atoms with Crippen LogP contribution in [0.5, 0.6) is 0 Å². The number of nitrogens with zero attached hydrogens (tertiary/aromatic N) is 5. The lowest BCUT2D eigenvalue weighted by Gasteiger charge is -2.34. The number of H-pyrrole nitrogens is 2. The van der Waals surface area contributed by atoms with Gasteiger partial charge in [0, 0.05) is 59.7 Å². The quantitative estimate of drug-likeness (QED) is 0.290. The number of hydrogen-bond donors (Lipinski definition) is 2. The second-order valence-corrected chi connectivity index (χ2v) is 11.7. The van der Waals surface area contributed by atoms with Crippen LogP contribution in [0.4, 0.5) is 10.2 Å². The molecule has 2 N–H and O–H groups in total. The van der Waals surface area contributed by atoms with Crippen LogP contribution in [0.25, 0.3) is 33.1 Å². The number of aromatic nitrogens is 5. The lowest BCUT2D eigenvalue weighted by Crippen LogP contribution is -2.41. The number of anilines is 1. The fourth-order valence-electron chi connectivity index (χ4n) is 6.46. The molecule has 3 aromatic carbocycles. The van der Waals surface area contributed by atoms with Crippen LogP contribution in [0.1, 0.15) is 32.9 Å². The summed E-state index contributed by atoms with van der Waals surface area (Å²) in [5.41, 5.74) is 4.78. The molecule has 11 heteroatoms. The number of halogens is 1. The van der Waals surface area contributed by atoms with E-state index in [2.05, 4.69) is 26.1 Å². The molecule has 2 aliphatic heterocycles. The molecular weight excluding hydrogens is 585 g/mol. The van der Waals surface area contributed by atoms with Crippen LogP contribution in [-0.4, -0.2) is 68.8 Å². The summed E-state index contributed by atoms with van der Waals surface area (Å²) in [7, 11) is 0.